The summed E-state index contributed by atoms with van der Waals surface area (Å²) in [7, 11) is 0. The van der Waals surface area contributed by atoms with Crippen molar-refractivity contribution in [2.45, 2.75) is 187 Å². The fourth-order valence-electron chi connectivity index (χ4n) is 5.33. The summed E-state index contributed by atoms with van der Waals surface area (Å²) in [5.41, 5.74) is 0. The van der Waals surface area contributed by atoms with E-state index >= 15 is 0 Å². The fraction of sp³-hybridized carbons (Fsp3) is 0.756. The summed E-state index contributed by atoms with van der Waals surface area (Å²) in [4.78, 5) is 24.2. The van der Waals surface area contributed by atoms with Crippen LogP contribution in [0.25, 0.3) is 0 Å². The van der Waals surface area contributed by atoms with E-state index in [1.807, 2.05) is 36.5 Å². The van der Waals surface area contributed by atoms with E-state index in [-0.39, 0.29) is 25.2 Å². The lowest BCUT2D eigenvalue weighted by molar-refractivity contribution is -0.161. The number of ether oxygens (including phenoxy) is 2. The highest BCUT2D eigenvalue weighted by Crippen LogP contribution is 2.15. The maximum atomic E-state index is 12.2. The van der Waals surface area contributed by atoms with Crippen LogP contribution in [-0.4, -0.2) is 36.4 Å². The molecule has 1 unspecified atom stereocenters. The second kappa shape index (κ2) is 37.3. The molecule has 0 fully saturated rings. The predicted molar refractivity (Wildman–Crippen MR) is 196 cm³/mol. The quantitative estimate of drug-likeness (QED) is 0.0429. The summed E-state index contributed by atoms with van der Waals surface area (Å²) in [6.45, 7) is 3.96. The first kappa shape index (κ1) is 43.9. The van der Waals surface area contributed by atoms with Crippen molar-refractivity contribution in [3.8, 4) is 0 Å². The number of aliphatic hydroxyl groups is 1. The molecule has 0 saturated heterocycles. The molecule has 0 aromatic carbocycles. The number of carbonyl (C=O) groups excluding carboxylic acids is 2. The average molecular weight is 645 g/mol. The topological polar surface area (TPSA) is 72.8 Å². The number of unbranched alkanes of at least 4 members (excludes halogenated alkanes) is 21. The van der Waals surface area contributed by atoms with Crippen LogP contribution in [0.5, 0.6) is 0 Å². The molecule has 0 radical (unpaired) electrons. The summed E-state index contributed by atoms with van der Waals surface area (Å²) in [5, 5.41) is 9.53. The number of rotatable bonds is 34. The van der Waals surface area contributed by atoms with E-state index < -0.39 is 6.10 Å². The molecule has 5 nitrogen and oxygen atoms in total. The van der Waals surface area contributed by atoms with Crippen LogP contribution in [-0.2, 0) is 19.1 Å². The lowest BCUT2D eigenvalue weighted by Crippen LogP contribution is -2.28. The van der Waals surface area contributed by atoms with Gasteiger partial charge in [-0.3, -0.25) is 9.59 Å². The monoisotopic (exact) mass is 645 g/mol. The Hall–Kier alpha value is -2.14. The van der Waals surface area contributed by atoms with Gasteiger partial charge in [-0.15, -0.1) is 0 Å². The normalized spacial score (nSPS) is 12.7. The van der Waals surface area contributed by atoms with Crippen LogP contribution in [0.15, 0.2) is 48.6 Å². The molecule has 1 atom stereocenters. The lowest BCUT2D eigenvalue weighted by Gasteiger charge is -2.15. The molecule has 0 aliphatic rings. The zero-order chi connectivity index (χ0) is 33.6. The SMILES string of the molecule is CC/C=C/C=C/C=C/C=C/CCCCCC(=O)OCC(CO)OC(=O)CCCCCCCCCCCCCCCCCCCCC. The van der Waals surface area contributed by atoms with Crippen molar-refractivity contribution in [1.82, 2.24) is 0 Å². The van der Waals surface area contributed by atoms with Gasteiger partial charge in [0.15, 0.2) is 6.10 Å². The Kier molecular flexibility index (Phi) is 35.6. The Morgan fingerprint density at radius 1 is 0.522 bits per heavy atom. The van der Waals surface area contributed by atoms with Crippen molar-refractivity contribution in [2.24, 2.45) is 0 Å². The Labute approximate surface area is 284 Å². The maximum Gasteiger partial charge on any atom is 0.306 e. The molecule has 0 amide bonds. The first-order valence-corrected chi connectivity index (χ1v) is 19.2. The largest absolute Gasteiger partial charge is 0.462 e. The molecule has 0 aliphatic heterocycles. The molecule has 0 saturated carbocycles. The van der Waals surface area contributed by atoms with Gasteiger partial charge in [-0.1, -0.05) is 184 Å². The minimum atomic E-state index is -0.785. The Morgan fingerprint density at radius 2 is 0.935 bits per heavy atom. The Bertz CT molecular complexity index is 782. The first-order chi connectivity index (χ1) is 22.6. The number of allylic oxidation sites excluding steroid dienone is 8. The molecule has 0 rings (SSSR count). The summed E-state index contributed by atoms with van der Waals surface area (Å²) < 4.78 is 10.6. The van der Waals surface area contributed by atoms with E-state index in [1.54, 1.807) is 0 Å². The maximum absolute atomic E-state index is 12.2. The summed E-state index contributed by atoms with van der Waals surface area (Å²) >= 11 is 0. The number of esters is 2. The van der Waals surface area contributed by atoms with Crippen LogP contribution >= 0.6 is 0 Å². The highest BCUT2D eigenvalue weighted by atomic mass is 16.6. The Morgan fingerprint density at radius 3 is 1.41 bits per heavy atom. The van der Waals surface area contributed by atoms with E-state index in [4.69, 9.17) is 9.47 Å². The van der Waals surface area contributed by atoms with Crippen LogP contribution in [0.4, 0.5) is 0 Å². The highest BCUT2D eigenvalue weighted by molar-refractivity contribution is 5.70. The molecule has 0 aromatic rings. The molecular weight excluding hydrogens is 572 g/mol. The van der Waals surface area contributed by atoms with Gasteiger partial charge in [0.05, 0.1) is 6.61 Å². The molecule has 0 aromatic heterocycles. The van der Waals surface area contributed by atoms with Gasteiger partial charge < -0.3 is 14.6 Å². The van der Waals surface area contributed by atoms with Gasteiger partial charge in [0, 0.05) is 12.8 Å². The number of aliphatic hydroxyl groups excluding tert-OH is 1. The summed E-state index contributed by atoms with van der Waals surface area (Å²) in [6, 6.07) is 0. The minimum absolute atomic E-state index is 0.0853. The Balaban J connectivity index is 3.57. The number of carbonyl (C=O) groups is 2. The van der Waals surface area contributed by atoms with E-state index in [0.29, 0.717) is 12.8 Å². The molecule has 0 bridgehead atoms. The second-order valence-corrected chi connectivity index (χ2v) is 12.7. The van der Waals surface area contributed by atoms with Crippen molar-refractivity contribution >= 4 is 11.9 Å². The third kappa shape index (κ3) is 34.7. The van der Waals surface area contributed by atoms with Gasteiger partial charge in [0.1, 0.15) is 6.61 Å². The third-order valence-electron chi connectivity index (χ3n) is 8.23. The van der Waals surface area contributed by atoms with Gasteiger partial charge in [-0.25, -0.2) is 0 Å². The third-order valence-corrected chi connectivity index (χ3v) is 8.23. The van der Waals surface area contributed by atoms with Crippen molar-refractivity contribution in [3.63, 3.8) is 0 Å². The van der Waals surface area contributed by atoms with Crippen LogP contribution < -0.4 is 0 Å². The van der Waals surface area contributed by atoms with Crippen LogP contribution in [0, 0.1) is 0 Å². The highest BCUT2D eigenvalue weighted by Gasteiger charge is 2.16. The minimum Gasteiger partial charge on any atom is -0.462 e. The van der Waals surface area contributed by atoms with Gasteiger partial charge in [-0.05, 0) is 32.1 Å². The average Bonchev–Trinajstić information content (AvgIpc) is 3.06. The lowest BCUT2D eigenvalue weighted by atomic mass is 10.0. The van der Waals surface area contributed by atoms with Crippen molar-refractivity contribution in [3.05, 3.63) is 48.6 Å². The molecule has 266 valence electrons. The predicted octanol–water partition coefficient (Wildman–Crippen LogP) is 11.8. The van der Waals surface area contributed by atoms with Crippen LogP contribution in [0.3, 0.4) is 0 Å². The van der Waals surface area contributed by atoms with Crippen LogP contribution in [0.1, 0.15) is 181 Å². The second-order valence-electron chi connectivity index (χ2n) is 12.7. The zero-order valence-corrected chi connectivity index (χ0v) is 30.1. The van der Waals surface area contributed by atoms with E-state index in [9.17, 15) is 14.7 Å². The molecule has 0 aliphatic carbocycles. The first-order valence-electron chi connectivity index (χ1n) is 19.2. The summed E-state index contributed by atoms with van der Waals surface area (Å²) in [5.74, 6) is -0.634. The molecule has 5 heteroatoms. The summed E-state index contributed by atoms with van der Waals surface area (Å²) in [6.07, 6.45) is 46.1. The zero-order valence-electron chi connectivity index (χ0n) is 30.1. The van der Waals surface area contributed by atoms with E-state index in [0.717, 1.165) is 51.4 Å². The van der Waals surface area contributed by atoms with E-state index in [1.165, 1.54) is 103 Å². The van der Waals surface area contributed by atoms with Crippen molar-refractivity contribution in [2.75, 3.05) is 13.2 Å². The van der Waals surface area contributed by atoms with Crippen molar-refractivity contribution in [1.29, 1.82) is 0 Å². The standard InChI is InChI=1S/C41H72O5/c1-3-5-7-9-11-13-15-17-18-19-20-21-22-24-26-28-30-32-34-36-41(44)46-39(37-42)38-45-40(43)35-33-31-29-27-25-23-16-14-12-10-8-6-4-2/h6,8,10,12,14,16,23,25,39,42H,3-5,7,9,11,13,15,17-22,24,26-38H2,1-2H3/b8-6+,12-10+,16-14+,25-23+. The molecule has 46 heavy (non-hydrogen) atoms. The molecule has 0 spiro atoms. The van der Waals surface area contributed by atoms with Gasteiger partial charge in [-0.2, -0.15) is 0 Å². The van der Waals surface area contributed by atoms with Gasteiger partial charge in [0.25, 0.3) is 0 Å². The van der Waals surface area contributed by atoms with Gasteiger partial charge >= 0.3 is 11.9 Å². The molecule has 1 N–H and O–H groups in total. The number of hydrogen-bond acceptors (Lipinski definition) is 5. The van der Waals surface area contributed by atoms with Gasteiger partial charge in [0.2, 0.25) is 0 Å². The molecular formula is C41H72O5. The molecule has 0 heterocycles. The fourth-order valence-corrected chi connectivity index (χ4v) is 5.33. The number of hydrogen-bond donors (Lipinski definition) is 1. The smallest absolute Gasteiger partial charge is 0.306 e. The van der Waals surface area contributed by atoms with E-state index in [2.05, 4.69) is 26.0 Å². The van der Waals surface area contributed by atoms with Crippen LogP contribution in [0.2, 0.25) is 0 Å². The van der Waals surface area contributed by atoms with Crippen molar-refractivity contribution < 1.29 is 24.2 Å².